The fourth-order valence-corrected chi connectivity index (χ4v) is 4.13. The smallest absolute Gasteiger partial charge is 0.257 e. The molecule has 2 aromatic rings. The molecule has 0 aromatic heterocycles. The maximum Gasteiger partial charge on any atom is 0.257 e. The first-order valence-corrected chi connectivity index (χ1v) is 9.90. The summed E-state index contributed by atoms with van der Waals surface area (Å²) in [4.78, 5) is 29.8. The molecule has 2 fully saturated rings. The Morgan fingerprint density at radius 3 is 2.46 bits per heavy atom. The van der Waals surface area contributed by atoms with E-state index in [4.69, 9.17) is 9.47 Å². The maximum absolute atomic E-state index is 13.3. The molecule has 2 aromatic carbocycles. The van der Waals surface area contributed by atoms with Gasteiger partial charge in [0, 0.05) is 26.2 Å². The van der Waals surface area contributed by atoms with Crippen molar-refractivity contribution in [3.05, 3.63) is 42.0 Å². The van der Waals surface area contributed by atoms with Crippen molar-refractivity contribution in [3.8, 4) is 5.75 Å². The van der Waals surface area contributed by atoms with Gasteiger partial charge in [-0.15, -0.1) is 0 Å². The Balaban J connectivity index is 1.54. The van der Waals surface area contributed by atoms with Crippen LogP contribution < -0.4 is 4.74 Å². The second kappa shape index (κ2) is 8.19. The first-order valence-electron chi connectivity index (χ1n) is 9.90. The largest absolute Gasteiger partial charge is 0.496 e. The fraction of sp³-hybridized carbons (Fsp3) is 0.455. The van der Waals surface area contributed by atoms with E-state index in [1.807, 2.05) is 41.3 Å². The Kier molecular flexibility index (Phi) is 5.48. The van der Waals surface area contributed by atoms with Crippen LogP contribution in [0.3, 0.4) is 0 Å². The summed E-state index contributed by atoms with van der Waals surface area (Å²) < 4.78 is 10.8. The van der Waals surface area contributed by atoms with Crippen molar-refractivity contribution in [1.29, 1.82) is 0 Å². The minimum atomic E-state index is -0.137. The average molecular weight is 382 g/mol. The third kappa shape index (κ3) is 3.69. The molecule has 2 amide bonds. The van der Waals surface area contributed by atoms with Crippen LogP contribution >= 0.6 is 0 Å². The Morgan fingerprint density at radius 1 is 1.04 bits per heavy atom. The lowest BCUT2D eigenvalue weighted by molar-refractivity contribution is -0.141. The number of ether oxygens (including phenoxy) is 2. The van der Waals surface area contributed by atoms with Gasteiger partial charge in [0.15, 0.2) is 0 Å². The van der Waals surface area contributed by atoms with E-state index in [0.717, 1.165) is 23.6 Å². The van der Waals surface area contributed by atoms with Crippen LogP contribution in [0.5, 0.6) is 5.75 Å². The van der Waals surface area contributed by atoms with Crippen LogP contribution in [-0.2, 0) is 9.53 Å². The van der Waals surface area contributed by atoms with Gasteiger partial charge in [0.2, 0.25) is 5.91 Å². The van der Waals surface area contributed by atoms with Crippen molar-refractivity contribution in [2.75, 3.05) is 46.5 Å². The number of likely N-dealkylation sites (tertiary alicyclic amines) is 1. The summed E-state index contributed by atoms with van der Waals surface area (Å²) in [7, 11) is 1.59. The van der Waals surface area contributed by atoms with Crippen LogP contribution in [0.15, 0.2) is 36.4 Å². The number of amides is 2. The quantitative estimate of drug-likeness (QED) is 0.819. The summed E-state index contributed by atoms with van der Waals surface area (Å²) in [5, 5.41) is 2.04. The van der Waals surface area contributed by atoms with Crippen molar-refractivity contribution in [2.45, 2.75) is 12.8 Å². The van der Waals surface area contributed by atoms with Gasteiger partial charge in [-0.1, -0.05) is 24.3 Å². The van der Waals surface area contributed by atoms with Crippen molar-refractivity contribution in [3.63, 3.8) is 0 Å². The highest BCUT2D eigenvalue weighted by molar-refractivity contribution is 6.02. The molecule has 0 radical (unpaired) electrons. The molecule has 0 bridgehead atoms. The molecule has 28 heavy (non-hydrogen) atoms. The number of piperidine rings is 1. The molecule has 2 aliphatic rings. The number of nitrogens with zero attached hydrogens (tertiary/aromatic N) is 2. The van der Waals surface area contributed by atoms with Crippen LogP contribution in [-0.4, -0.2) is 68.1 Å². The van der Waals surface area contributed by atoms with Crippen molar-refractivity contribution in [2.24, 2.45) is 5.92 Å². The highest BCUT2D eigenvalue weighted by Gasteiger charge is 2.33. The van der Waals surface area contributed by atoms with Crippen molar-refractivity contribution >= 4 is 22.6 Å². The van der Waals surface area contributed by atoms with Gasteiger partial charge in [-0.05, 0) is 35.7 Å². The lowest BCUT2D eigenvalue weighted by Gasteiger charge is -2.36. The predicted octanol–water partition coefficient (Wildman–Crippen LogP) is 2.56. The number of carbonyl (C=O) groups is 2. The lowest BCUT2D eigenvalue weighted by Crippen LogP contribution is -2.49. The topological polar surface area (TPSA) is 59.1 Å². The molecule has 6 nitrogen and oxygen atoms in total. The minimum absolute atomic E-state index is 0.0675. The normalized spacial score (nSPS) is 20.2. The lowest BCUT2D eigenvalue weighted by atomic mass is 9.95. The Hall–Kier alpha value is -2.60. The monoisotopic (exact) mass is 382 g/mol. The molecular weight excluding hydrogens is 356 g/mol. The van der Waals surface area contributed by atoms with Gasteiger partial charge in [0.25, 0.3) is 5.91 Å². The van der Waals surface area contributed by atoms with Crippen LogP contribution in [0, 0.1) is 5.92 Å². The average Bonchev–Trinajstić information content (AvgIpc) is 2.77. The number of morpholine rings is 1. The second-order valence-electron chi connectivity index (χ2n) is 7.43. The van der Waals surface area contributed by atoms with Gasteiger partial charge in [-0.3, -0.25) is 9.59 Å². The molecule has 1 atom stereocenters. The number of fused-ring (bicyclic) bond motifs is 1. The SMILES string of the molecule is COc1cc2ccccc2cc1C(=O)N1CCCC(C(=O)N2CCOCC2)C1. The van der Waals surface area contributed by atoms with E-state index in [-0.39, 0.29) is 17.7 Å². The molecule has 1 unspecified atom stereocenters. The Morgan fingerprint density at radius 2 is 1.75 bits per heavy atom. The van der Waals surface area contributed by atoms with E-state index in [1.54, 1.807) is 12.0 Å². The summed E-state index contributed by atoms with van der Waals surface area (Å²) in [5.74, 6) is 0.515. The van der Waals surface area contributed by atoms with Gasteiger partial charge in [-0.2, -0.15) is 0 Å². The standard InChI is InChI=1S/C22H26N2O4/c1-27-20-14-17-6-3-2-5-16(17)13-19(20)22(26)24-8-4-7-18(15-24)21(25)23-9-11-28-12-10-23/h2-3,5-6,13-14,18H,4,7-12,15H2,1H3. The van der Waals surface area contributed by atoms with E-state index >= 15 is 0 Å². The third-order valence-corrected chi connectivity index (χ3v) is 5.68. The zero-order valence-corrected chi connectivity index (χ0v) is 16.2. The summed E-state index contributed by atoms with van der Waals surface area (Å²) in [6.45, 7) is 3.60. The molecule has 2 heterocycles. The molecule has 2 saturated heterocycles. The third-order valence-electron chi connectivity index (χ3n) is 5.68. The van der Waals surface area contributed by atoms with Gasteiger partial charge < -0.3 is 19.3 Å². The van der Waals surface area contributed by atoms with Gasteiger partial charge in [0.1, 0.15) is 5.75 Å². The Bertz CT molecular complexity index is 876. The van der Waals surface area contributed by atoms with Crippen LogP contribution in [0.2, 0.25) is 0 Å². The molecule has 2 aliphatic heterocycles. The first kappa shape index (κ1) is 18.7. The number of methoxy groups -OCH3 is 1. The maximum atomic E-state index is 13.3. The summed E-state index contributed by atoms with van der Waals surface area (Å²) in [6, 6.07) is 11.7. The van der Waals surface area contributed by atoms with E-state index in [9.17, 15) is 9.59 Å². The number of benzene rings is 2. The van der Waals surface area contributed by atoms with Crippen molar-refractivity contribution < 1.29 is 19.1 Å². The first-order chi connectivity index (χ1) is 13.7. The number of hydrogen-bond donors (Lipinski definition) is 0. The van der Waals surface area contributed by atoms with Gasteiger partial charge >= 0.3 is 0 Å². The molecule has 0 spiro atoms. The number of hydrogen-bond acceptors (Lipinski definition) is 4. The Labute approximate surface area is 165 Å². The highest BCUT2D eigenvalue weighted by Crippen LogP contribution is 2.29. The summed E-state index contributed by atoms with van der Waals surface area (Å²) in [5.41, 5.74) is 0.556. The van der Waals surface area contributed by atoms with E-state index in [2.05, 4.69) is 0 Å². The zero-order chi connectivity index (χ0) is 19.5. The summed E-state index contributed by atoms with van der Waals surface area (Å²) >= 11 is 0. The van der Waals surface area contributed by atoms with Gasteiger partial charge in [-0.25, -0.2) is 0 Å². The summed E-state index contributed by atoms with van der Waals surface area (Å²) in [6.07, 6.45) is 1.66. The van der Waals surface area contributed by atoms with Crippen LogP contribution in [0.25, 0.3) is 10.8 Å². The number of rotatable bonds is 3. The molecule has 0 N–H and O–H groups in total. The van der Waals surface area contributed by atoms with Crippen molar-refractivity contribution in [1.82, 2.24) is 9.80 Å². The van der Waals surface area contributed by atoms with Crippen LogP contribution in [0.4, 0.5) is 0 Å². The van der Waals surface area contributed by atoms with E-state index < -0.39 is 0 Å². The predicted molar refractivity (Wildman–Crippen MR) is 107 cm³/mol. The molecule has 0 saturated carbocycles. The minimum Gasteiger partial charge on any atom is -0.496 e. The van der Waals surface area contributed by atoms with E-state index in [0.29, 0.717) is 50.7 Å². The second-order valence-corrected chi connectivity index (χ2v) is 7.43. The van der Waals surface area contributed by atoms with E-state index in [1.165, 1.54) is 0 Å². The fourth-order valence-electron chi connectivity index (χ4n) is 4.13. The van der Waals surface area contributed by atoms with Crippen LogP contribution in [0.1, 0.15) is 23.2 Å². The molecular formula is C22H26N2O4. The molecule has 6 heteroatoms. The highest BCUT2D eigenvalue weighted by atomic mass is 16.5. The molecule has 148 valence electrons. The zero-order valence-electron chi connectivity index (χ0n) is 16.2. The van der Waals surface area contributed by atoms with Gasteiger partial charge in [0.05, 0.1) is 31.8 Å². The molecule has 4 rings (SSSR count). The molecule has 0 aliphatic carbocycles. The number of carbonyl (C=O) groups excluding carboxylic acids is 2.